The first-order chi connectivity index (χ1) is 17.6. The molecule has 1 amide bonds. The molecule has 0 radical (unpaired) electrons. The highest BCUT2D eigenvalue weighted by molar-refractivity contribution is 7.21. The molecule has 7 heteroatoms. The summed E-state index contributed by atoms with van der Waals surface area (Å²) < 4.78 is 12.1. The van der Waals surface area contributed by atoms with Crippen LogP contribution < -0.4 is 10.1 Å². The number of esters is 1. The number of thiazole rings is 1. The highest BCUT2D eigenvalue weighted by atomic mass is 32.1. The van der Waals surface area contributed by atoms with Crippen molar-refractivity contribution in [3.63, 3.8) is 0 Å². The molecule has 1 N–H and O–H groups in total. The first kappa shape index (κ1) is 23.3. The maximum atomic E-state index is 13.4. The highest BCUT2D eigenvalue weighted by Crippen LogP contribution is 2.33. The van der Waals surface area contributed by atoms with E-state index in [0.29, 0.717) is 33.1 Å². The summed E-state index contributed by atoms with van der Waals surface area (Å²) in [7, 11) is 1.55. The Balaban J connectivity index is 1.45. The van der Waals surface area contributed by atoms with Crippen LogP contribution in [0.3, 0.4) is 0 Å². The predicted molar refractivity (Wildman–Crippen MR) is 141 cm³/mol. The Morgan fingerprint density at radius 1 is 0.861 bits per heavy atom. The fourth-order valence-electron chi connectivity index (χ4n) is 3.81. The molecule has 1 atom stereocenters. The molecule has 0 saturated heterocycles. The Labute approximate surface area is 212 Å². The molecule has 1 aromatic heterocycles. The van der Waals surface area contributed by atoms with E-state index in [4.69, 9.17) is 14.5 Å². The number of carbonyl (C=O) groups excluding carboxylic acids is 2. The Bertz CT molecular complexity index is 1500. The molecule has 0 fully saturated rings. The van der Waals surface area contributed by atoms with Crippen LogP contribution in [-0.2, 0) is 9.53 Å². The molecule has 0 aliphatic heterocycles. The van der Waals surface area contributed by atoms with E-state index in [0.717, 1.165) is 10.2 Å². The summed E-state index contributed by atoms with van der Waals surface area (Å²) in [4.78, 5) is 31.5. The molecule has 0 aliphatic rings. The van der Waals surface area contributed by atoms with Crippen LogP contribution in [0, 0.1) is 0 Å². The average Bonchev–Trinajstić information content (AvgIpc) is 3.36. The van der Waals surface area contributed by atoms with Crippen molar-refractivity contribution >= 4 is 39.1 Å². The van der Waals surface area contributed by atoms with Gasteiger partial charge in [-0.15, -0.1) is 11.3 Å². The number of hydrogen-bond acceptors (Lipinski definition) is 6. The van der Waals surface area contributed by atoms with Crippen LogP contribution in [0.1, 0.15) is 22.0 Å². The van der Waals surface area contributed by atoms with Gasteiger partial charge in [0, 0.05) is 22.9 Å². The van der Waals surface area contributed by atoms with Crippen molar-refractivity contribution in [3.05, 3.63) is 114 Å². The normalized spacial score (nSPS) is 11.6. The number of aromatic nitrogens is 1. The maximum Gasteiger partial charge on any atom is 0.339 e. The predicted octanol–water partition coefficient (Wildman–Crippen LogP) is 6.51. The van der Waals surface area contributed by atoms with Gasteiger partial charge in [-0.3, -0.25) is 4.79 Å². The van der Waals surface area contributed by atoms with Gasteiger partial charge in [0.05, 0.1) is 22.9 Å². The number of rotatable bonds is 7. The third-order valence-corrected chi connectivity index (χ3v) is 6.64. The zero-order valence-electron chi connectivity index (χ0n) is 19.4. The molecule has 178 valence electrons. The molecule has 5 aromatic rings. The van der Waals surface area contributed by atoms with Gasteiger partial charge < -0.3 is 14.8 Å². The number of hydrogen-bond donors (Lipinski definition) is 1. The van der Waals surface area contributed by atoms with Gasteiger partial charge in [0.2, 0.25) is 6.10 Å². The summed E-state index contributed by atoms with van der Waals surface area (Å²) in [6, 6.07) is 30.9. The SMILES string of the molecule is COc1cccc(NC(=O)C(OC(=O)c2ccccc2-c2nc3ccccc3s2)c2ccccc2)c1. The smallest absolute Gasteiger partial charge is 0.339 e. The Morgan fingerprint density at radius 3 is 2.42 bits per heavy atom. The van der Waals surface area contributed by atoms with Crippen LogP contribution in [0.5, 0.6) is 5.75 Å². The fourth-order valence-corrected chi connectivity index (χ4v) is 4.82. The third kappa shape index (κ3) is 4.96. The van der Waals surface area contributed by atoms with Gasteiger partial charge in [-0.1, -0.05) is 66.7 Å². The van der Waals surface area contributed by atoms with Crippen molar-refractivity contribution < 1.29 is 19.1 Å². The van der Waals surface area contributed by atoms with Crippen molar-refractivity contribution in [1.29, 1.82) is 0 Å². The Morgan fingerprint density at radius 2 is 1.61 bits per heavy atom. The second-order valence-electron chi connectivity index (χ2n) is 7.95. The summed E-state index contributed by atoms with van der Waals surface area (Å²) >= 11 is 1.50. The first-order valence-corrected chi connectivity index (χ1v) is 12.1. The summed E-state index contributed by atoms with van der Waals surface area (Å²) in [5.41, 5.74) is 2.95. The monoisotopic (exact) mass is 494 g/mol. The largest absolute Gasteiger partial charge is 0.497 e. The topological polar surface area (TPSA) is 77.5 Å². The summed E-state index contributed by atoms with van der Waals surface area (Å²) in [6.45, 7) is 0. The molecule has 1 unspecified atom stereocenters. The van der Waals surface area contributed by atoms with E-state index in [9.17, 15) is 9.59 Å². The number of nitrogens with one attached hydrogen (secondary N) is 1. The highest BCUT2D eigenvalue weighted by Gasteiger charge is 2.27. The first-order valence-electron chi connectivity index (χ1n) is 11.3. The van der Waals surface area contributed by atoms with Gasteiger partial charge in [0.25, 0.3) is 5.91 Å². The fraction of sp³-hybridized carbons (Fsp3) is 0.0690. The number of amides is 1. The van der Waals surface area contributed by atoms with Crippen LogP contribution in [0.25, 0.3) is 20.8 Å². The number of anilines is 1. The molecule has 0 spiro atoms. The summed E-state index contributed by atoms with van der Waals surface area (Å²) in [5, 5.41) is 3.54. The minimum absolute atomic E-state index is 0.340. The minimum atomic E-state index is -1.16. The molecule has 0 aliphatic carbocycles. The van der Waals surface area contributed by atoms with E-state index in [1.165, 1.54) is 11.3 Å². The van der Waals surface area contributed by atoms with Crippen LogP contribution in [0.2, 0.25) is 0 Å². The molecule has 4 aromatic carbocycles. The van der Waals surface area contributed by atoms with Gasteiger partial charge in [0.15, 0.2) is 0 Å². The third-order valence-electron chi connectivity index (χ3n) is 5.57. The zero-order chi connectivity index (χ0) is 24.9. The summed E-state index contributed by atoms with van der Waals surface area (Å²) in [6.07, 6.45) is -1.16. The van der Waals surface area contributed by atoms with E-state index in [1.807, 2.05) is 42.5 Å². The number of ether oxygens (including phenoxy) is 2. The Kier molecular flexibility index (Phi) is 6.73. The van der Waals surface area contributed by atoms with Crippen molar-refractivity contribution in [3.8, 4) is 16.3 Å². The minimum Gasteiger partial charge on any atom is -0.497 e. The lowest BCUT2D eigenvalue weighted by Crippen LogP contribution is -2.26. The second kappa shape index (κ2) is 10.4. The number of nitrogens with zero attached hydrogens (tertiary/aromatic N) is 1. The number of para-hydroxylation sites is 1. The van der Waals surface area contributed by atoms with E-state index >= 15 is 0 Å². The lowest BCUT2D eigenvalue weighted by molar-refractivity contribution is -0.125. The number of methoxy groups -OCH3 is 1. The molecule has 6 nitrogen and oxygen atoms in total. The molecular weight excluding hydrogens is 472 g/mol. The van der Waals surface area contributed by atoms with Crippen molar-refractivity contribution in [2.45, 2.75) is 6.10 Å². The number of fused-ring (bicyclic) bond motifs is 1. The zero-order valence-corrected chi connectivity index (χ0v) is 20.2. The van der Waals surface area contributed by atoms with E-state index < -0.39 is 18.0 Å². The van der Waals surface area contributed by atoms with Crippen molar-refractivity contribution in [2.75, 3.05) is 12.4 Å². The molecule has 0 bridgehead atoms. The number of benzene rings is 4. The van der Waals surface area contributed by atoms with Gasteiger partial charge in [-0.05, 0) is 30.3 Å². The molecular formula is C29H22N2O4S. The van der Waals surface area contributed by atoms with Gasteiger partial charge in [-0.25, -0.2) is 9.78 Å². The summed E-state index contributed by atoms with van der Waals surface area (Å²) in [5.74, 6) is -0.481. The van der Waals surface area contributed by atoms with Crippen molar-refractivity contribution in [2.24, 2.45) is 0 Å². The van der Waals surface area contributed by atoms with Crippen LogP contribution >= 0.6 is 11.3 Å². The maximum absolute atomic E-state index is 13.4. The van der Waals surface area contributed by atoms with E-state index in [2.05, 4.69) is 5.32 Å². The molecule has 1 heterocycles. The van der Waals surface area contributed by atoms with Crippen molar-refractivity contribution in [1.82, 2.24) is 4.98 Å². The molecule has 0 saturated carbocycles. The van der Waals surface area contributed by atoms with Gasteiger partial charge in [-0.2, -0.15) is 0 Å². The molecule has 5 rings (SSSR count). The van der Waals surface area contributed by atoms with Crippen LogP contribution in [0.4, 0.5) is 5.69 Å². The lowest BCUT2D eigenvalue weighted by atomic mass is 10.1. The second-order valence-corrected chi connectivity index (χ2v) is 8.98. The Hall–Kier alpha value is -4.49. The average molecular weight is 495 g/mol. The lowest BCUT2D eigenvalue weighted by Gasteiger charge is -2.19. The quantitative estimate of drug-likeness (QED) is 0.261. The van der Waals surface area contributed by atoms with E-state index in [-0.39, 0.29) is 0 Å². The van der Waals surface area contributed by atoms with E-state index in [1.54, 1.807) is 67.8 Å². The number of carbonyl (C=O) groups is 2. The molecule has 36 heavy (non-hydrogen) atoms. The van der Waals surface area contributed by atoms with Crippen LogP contribution in [-0.4, -0.2) is 24.0 Å². The van der Waals surface area contributed by atoms with Gasteiger partial charge in [0.1, 0.15) is 10.8 Å². The van der Waals surface area contributed by atoms with Gasteiger partial charge >= 0.3 is 5.97 Å². The van der Waals surface area contributed by atoms with Crippen LogP contribution in [0.15, 0.2) is 103 Å². The standard InChI is InChI=1S/C29H22N2O4S/c1-34-21-13-9-12-20(18-21)30-27(32)26(19-10-3-2-4-11-19)35-29(33)23-15-6-5-14-22(23)28-31-24-16-7-8-17-25(24)36-28/h2-18,26H,1H3,(H,30,32).